The Bertz CT molecular complexity index is 1130. The molecule has 8 nitrogen and oxygen atoms in total. The lowest BCUT2D eigenvalue weighted by molar-refractivity contribution is -0.154. The van der Waals surface area contributed by atoms with Crippen molar-refractivity contribution in [2.24, 2.45) is 0 Å². The Morgan fingerprint density at radius 2 is 2.00 bits per heavy atom. The number of halogens is 3. The van der Waals surface area contributed by atoms with Crippen LogP contribution in [-0.4, -0.2) is 51.5 Å². The summed E-state index contributed by atoms with van der Waals surface area (Å²) in [5.74, 6) is -2.17. The highest BCUT2D eigenvalue weighted by molar-refractivity contribution is 6.34. The predicted molar refractivity (Wildman–Crippen MR) is 104 cm³/mol. The third kappa shape index (κ3) is 4.08. The molecule has 31 heavy (non-hydrogen) atoms. The van der Waals surface area contributed by atoms with Crippen molar-refractivity contribution in [1.29, 1.82) is 0 Å². The van der Waals surface area contributed by atoms with Gasteiger partial charge in [0.15, 0.2) is 24.3 Å². The summed E-state index contributed by atoms with van der Waals surface area (Å²) < 4.78 is 46.7. The molecule has 0 bridgehead atoms. The summed E-state index contributed by atoms with van der Waals surface area (Å²) >= 11 is 5.94. The first kappa shape index (κ1) is 21.1. The first-order chi connectivity index (χ1) is 14.9. The Hall–Kier alpha value is -3.11. The van der Waals surface area contributed by atoms with Gasteiger partial charge < -0.3 is 14.2 Å². The van der Waals surface area contributed by atoms with Crippen LogP contribution in [0.25, 0.3) is 11.0 Å². The summed E-state index contributed by atoms with van der Waals surface area (Å²) in [5, 5.41) is -0.211. The Morgan fingerprint density at radius 1 is 1.26 bits per heavy atom. The molecule has 4 atom stereocenters. The molecule has 0 amide bonds. The SMILES string of the molecule is CC(=O)O[C@@H]1[C@H](F)[C@@H](COC(=O)c2ccccc2)O[C@H]1n1cc(F)c2c(Cl)ncnc21. The molecule has 1 aliphatic rings. The fourth-order valence-corrected chi connectivity index (χ4v) is 3.60. The van der Waals surface area contributed by atoms with E-state index in [1.807, 2.05) is 0 Å². The van der Waals surface area contributed by atoms with Crippen molar-refractivity contribution in [3.63, 3.8) is 0 Å². The smallest absolute Gasteiger partial charge is 0.338 e. The second-order valence-electron chi connectivity index (χ2n) is 6.80. The third-order valence-corrected chi connectivity index (χ3v) is 5.03. The highest BCUT2D eigenvalue weighted by Crippen LogP contribution is 2.37. The fraction of sp³-hybridized carbons (Fsp3) is 0.300. The molecule has 2 aromatic heterocycles. The molecule has 1 fully saturated rings. The quantitative estimate of drug-likeness (QED) is 0.434. The first-order valence-electron chi connectivity index (χ1n) is 9.22. The van der Waals surface area contributed by atoms with Crippen LogP contribution in [0.3, 0.4) is 0 Å². The number of carbonyl (C=O) groups excluding carboxylic acids is 2. The number of esters is 2. The van der Waals surface area contributed by atoms with Gasteiger partial charge in [-0.15, -0.1) is 0 Å². The lowest BCUT2D eigenvalue weighted by Gasteiger charge is -2.20. The van der Waals surface area contributed by atoms with Crippen molar-refractivity contribution < 1.29 is 32.6 Å². The normalized spacial score (nSPS) is 23.1. The van der Waals surface area contributed by atoms with E-state index in [-0.39, 0.29) is 21.7 Å². The van der Waals surface area contributed by atoms with Crippen LogP contribution in [0.2, 0.25) is 5.15 Å². The highest BCUT2D eigenvalue weighted by atomic mass is 35.5. The number of fused-ring (bicyclic) bond motifs is 1. The number of benzene rings is 1. The summed E-state index contributed by atoms with van der Waals surface area (Å²) in [5.41, 5.74) is 0.322. The van der Waals surface area contributed by atoms with Crippen LogP contribution >= 0.6 is 11.6 Å². The average molecular weight is 452 g/mol. The Kier molecular flexibility index (Phi) is 5.84. The molecule has 4 rings (SSSR count). The van der Waals surface area contributed by atoms with Crippen LogP contribution < -0.4 is 0 Å². The molecule has 0 radical (unpaired) electrons. The van der Waals surface area contributed by atoms with Crippen LogP contribution in [0.5, 0.6) is 0 Å². The van der Waals surface area contributed by atoms with Gasteiger partial charge in [-0.1, -0.05) is 29.8 Å². The molecule has 11 heteroatoms. The molecular weight excluding hydrogens is 436 g/mol. The molecule has 3 heterocycles. The summed E-state index contributed by atoms with van der Waals surface area (Å²) in [6, 6.07) is 8.15. The van der Waals surface area contributed by atoms with Gasteiger partial charge >= 0.3 is 11.9 Å². The Balaban J connectivity index is 1.60. The molecule has 1 aromatic carbocycles. The Morgan fingerprint density at radius 3 is 2.71 bits per heavy atom. The summed E-state index contributed by atoms with van der Waals surface area (Å²) in [4.78, 5) is 31.4. The number of rotatable bonds is 5. The van der Waals surface area contributed by atoms with Crippen LogP contribution in [0, 0.1) is 5.82 Å². The van der Waals surface area contributed by atoms with E-state index in [0.29, 0.717) is 0 Å². The maximum Gasteiger partial charge on any atom is 0.338 e. The van der Waals surface area contributed by atoms with Gasteiger partial charge in [0, 0.05) is 13.1 Å². The van der Waals surface area contributed by atoms with E-state index in [2.05, 4.69) is 9.97 Å². The van der Waals surface area contributed by atoms with Crippen molar-refractivity contribution >= 4 is 34.6 Å². The summed E-state index contributed by atoms with van der Waals surface area (Å²) in [6.07, 6.45) is -3.69. The minimum Gasteiger partial charge on any atom is -0.459 e. The van der Waals surface area contributed by atoms with Crippen molar-refractivity contribution in [2.45, 2.75) is 31.5 Å². The number of nitrogens with zero attached hydrogens (tertiary/aromatic N) is 3. The monoisotopic (exact) mass is 451 g/mol. The lowest BCUT2D eigenvalue weighted by Crippen LogP contribution is -2.34. The van der Waals surface area contributed by atoms with Gasteiger partial charge in [0.1, 0.15) is 29.8 Å². The van der Waals surface area contributed by atoms with Gasteiger partial charge in [-0.3, -0.25) is 9.36 Å². The van der Waals surface area contributed by atoms with E-state index in [4.69, 9.17) is 25.8 Å². The Labute approximate surface area is 179 Å². The van der Waals surface area contributed by atoms with Crippen LogP contribution in [0.15, 0.2) is 42.9 Å². The first-order valence-corrected chi connectivity index (χ1v) is 9.60. The second kappa shape index (κ2) is 8.56. The van der Waals surface area contributed by atoms with Crippen molar-refractivity contribution in [2.75, 3.05) is 6.61 Å². The van der Waals surface area contributed by atoms with Crippen molar-refractivity contribution in [3.8, 4) is 0 Å². The number of hydrogen-bond acceptors (Lipinski definition) is 7. The minimum absolute atomic E-state index is 0.0359. The fourth-order valence-electron chi connectivity index (χ4n) is 3.38. The van der Waals surface area contributed by atoms with E-state index in [9.17, 15) is 14.0 Å². The zero-order valence-electron chi connectivity index (χ0n) is 16.1. The molecule has 0 N–H and O–H groups in total. The standard InChI is InChI=1S/C20H16ClF2N3O5/c1-10(27)30-16-15(23)13(8-29-20(28)11-5-3-2-4-6-11)31-19(16)26-7-12(22)14-17(21)24-9-25-18(14)26/h2-7,9,13,15-16,19H,8H2,1H3/t13-,15-,16-,19-/m1/s1. The van der Waals surface area contributed by atoms with Gasteiger partial charge in [0.2, 0.25) is 0 Å². The van der Waals surface area contributed by atoms with Gasteiger partial charge in [0.05, 0.1) is 10.9 Å². The third-order valence-electron chi connectivity index (χ3n) is 4.75. The predicted octanol–water partition coefficient (Wildman–Crippen LogP) is 3.25. The lowest BCUT2D eigenvalue weighted by atomic mass is 10.1. The molecule has 0 spiro atoms. The topological polar surface area (TPSA) is 92.5 Å². The molecular formula is C20H16ClF2N3O5. The van der Waals surface area contributed by atoms with Gasteiger partial charge in [-0.25, -0.2) is 23.5 Å². The van der Waals surface area contributed by atoms with E-state index in [0.717, 1.165) is 19.4 Å². The average Bonchev–Trinajstić information content (AvgIpc) is 3.24. The number of alkyl halides is 1. The molecule has 0 saturated carbocycles. The van der Waals surface area contributed by atoms with Crippen LogP contribution in [-0.2, 0) is 19.0 Å². The summed E-state index contributed by atoms with van der Waals surface area (Å²) in [6.45, 7) is 0.667. The van der Waals surface area contributed by atoms with Gasteiger partial charge in [-0.2, -0.15) is 0 Å². The maximum atomic E-state index is 15.1. The van der Waals surface area contributed by atoms with Crippen LogP contribution in [0.4, 0.5) is 8.78 Å². The zero-order chi connectivity index (χ0) is 22.1. The number of hydrogen-bond donors (Lipinski definition) is 0. The zero-order valence-corrected chi connectivity index (χ0v) is 16.8. The summed E-state index contributed by atoms with van der Waals surface area (Å²) in [7, 11) is 0. The maximum absolute atomic E-state index is 15.1. The molecule has 162 valence electrons. The molecule has 3 aromatic rings. The van der Waals surface area contributed by atoms with E-state index >= 15 is 4.39 Å². The molecule has 0 aliphatic carbocycles. The van der Waals surface area contributed by atoms with Gasteiger partial charge in [-0.05, 0) is 12.1 Å². The van der Waals surface area contributed by atoms with E-state index in [1.165, 1.54) is 4.57 Å². The second-order valence-corrected chi connectivity index (χ2v) is 7.15. The molecule has 1 saturated heterocycles. The van der Waals surface area contributed by atoms with Crippen molar-refractivity contribution in [3.05, 3.63) is 59.4 Å². The largest absolute Gasteiger partial charge is 0.459 e. The minimum atomic E-state index is -1.85. The molecule has 0 unspecified atom stereocenters. The van der Waals surface area contributed by atoms with Gasteiger partial charge in [0.25, 0.3) is 0 Å². The number of ether oxygens (including phenoxy) is 3. The number of aromatic nitrogens is 3. The number of carbonyl (C=O) groups is 2. The van der Waals surface area contributed by atoms with E-state index < -0.39 is 49.0 Å². The molecule has 1 aliphatic heterocycles. The van der Waals surface area contributed by atoms with Crippen LogP contribution in [0.1, 0.15) is 23.5 Å². The van der Waals surface area contributed by atoms with E-state index in [1.54, 1.807) is 30.3 Å². The highest BCUT2D eigenvalue weighted by Gasteiger charge is 2.49. The van der Waals surface area contributed by atoms with Crippen molar-refractivity contribution in [1.82, 2.24) is 14.5 Å².